The summed E-state index contributed by atoms with van der Waals surface area (Å²) in [7, 11) is 1.76. The van der Waals surface area contributed by atoms with E-state index in [0.29, 0.717) is 0 Å². The van der Waals surface area contributed by atoms with E-state index in [2.05, 4.69) is 13.0 Å². The van der Waals surface area contributed by atoms with Gasteiger partial charge in [0.2, 0.25) is 0 Å². The predicted molar refractivity (Wildman–Crippen MR) is 73.3 cm³/mol. The molecule has 0 spiro atoms. The van der Waals surface area contributed by atoms with E-state index >= 15 is 0 Å². The third kappa shape index (κ3) is 2.60. The predicted octanol–water partition coefficient (Wildman–Crippen LogP) is 4.14. The van der Waals surface area contributed by atoms with Crippen LogP contribution in [0.25, 0.3) is 0 Å². The number of rotatable bonds is 3. The fraction of sp³-hybridized carbons (Fsp3) is 0.308. The number of aryl methyl sites for hydroxylation is 1. The average Bonchev–Trinajstić information content (AvgIpc) is 2.95. The van der Waals surface area contributed by atoms with Crippen molar-refractivity contribution in [2.75, 3.05) is 7.05 Å². The molecule has 2 aromatic heterocycles. The Morgan fingerprint density at radius 2 is 2.11 bits per heavy atom. The lowest BCUT2D eigenvalue weighted by Crippen LogP contribution is -2.28. The molecule has 2 rings (SSSR count). The van der Waals surface area contributed by atoms with Crippen LogP contribution >= 0.6 is 22.9 Å². The molecule has 2 heterocycles. The second-order valence-corrected chi connectivity index (χ2v) is 5.84. The van der Waals surface area contributed by atoms with Crippen molar-refractivity contribution < 1.29 is 9.21 Å². The minimum atomic E-state index is -0.166. The minimum Gasteiger partial charge on any atom is -0.440 e. The highest BCUT2D eigenvalue weighted by molar-refractivity contribution is 7.12. The molecule has 5 heteroatoms. The molecule has 2 aromatic rings. The summed E-state index contributed by atoms with van der Waals surface area (Å²) in [4.78, 5) is 16.2. The number of halogens is 1. The SMILES string of the molecule is Cc1ccc(C(C)N(C)C(=O)c2ccc(Cl)o2)s1. The Morgan fingerprint density at radius 3 is 2.61 bits per heavy atom. The molecule has 0 saturated heterocycles. The summed E-state index contributed by atoms with van der Waals surface area (Å²) < 4.78 is 5.14. The number of thiophene rings is 1. The van der Waals surface area contributed by atoms with Gasteiger partial charge in [-0.3, -0.25) is 4.79 Å². The number of carbonyl (C=O) groups is 1. The summed E-state index contributed by atoms with van der Waals surface area (Å²) in [5.41, 5.74) is 0. The number of furan rings is 1. The molecular formula is C13H14ClNO2S. The Morgan fingerprint density at radius 1 is 1.39 bits per heavy atom. The molecular weight excluding hydrogens is 270 g/mol. The molecule has 0 aliphatic rings. The van der Waals surface area contributed by atoms with Gasteiger partial charge in [0, 0.05) is 16.8 Å². The van der Waals surface area contributed by atoms with E-state index < -0.39 is 0 Å². The van der Waals surface area contributed by atoms with Gasteiger partial charge in [-0.25, -0.2) is 0 Å². The third-order valence-electron chi connectivity index (χ3n) is 2.86. The lowest BCUT2D eigenvalue weighted by molar-refractivity contribution is 0.0713. The molecule has 0 saturated carbocycles. The van der Waals surface area contributed by atoms with Gasteiger partial charge in [0.05, 0.1) is 6.04 Å². The van der Waals surface area contributed by atoms with Crippen molar-refractivity contribution in [3.8, 4) is 0 Å². The first kappa shape index (κ1) is 13.2. The first-order valence-electron chi connectivity index (χ1n) is 5.58. The van der Waals surface area contributed by atoms with Crippen molar-refractivity contribution in [1.29, 1.82) is 0 Å². The van der Waals surface area contributed by atoms with Gasteiger partial charge >= 0.3 is 0 Å². The molecule has 96 valence electrons. The van der Waals surface area contributed by atoms with Crippen LogP contribution in [0.5, 0.6) is 0 Å². The third-order valence-corrected chi connectivity index (χ3v) is 4.23. The zero-order valence-electron chi connectivity index (χ0n) is 10.4. The molecule has 3 nitrogen and oxygen atoms in total. The van der Waals surface area contributed by atoms with Crippen LogP contribution in [0, 0.1) is 6.92 Å². The summed E-state index contributed by atoms with van der Waals surface area (Å²) in [6.07, 6.45) is 0. The van der Waals surface area contributed by atoms with Gasteiger partial charge in [-0.1, -0.05) is 0 Å². The second kappa shape index (κ2) is 5.16. The van der Waals surface area contributed by atoms with Crippen molar-refractivity contribution in [2.24, 2.45) is 0 Å². The number of amides is 1. The Kier molecular flexibility index (Phi) is 3.78. The number of nitrogens with zero attached hydrogens (tertiary/aromatic N) is 1. The smallest absolute Gasteiger partial charge is 0.289 e. The lowest BCUT2D eigenvalue weighted by atomic mass is 10.2. The van der Waals surface area contributed by atoms with Crippen LogP contribution in [0.15, 0.2) is 28.7 Å². The first-order chi connectivity index (χ1) is 8.49. The highest BCUT2D eigenvalue weighted by atomic mass is 35.5. The quantitative estimate of drug-likeness (QED) is 0.848. The lowest BCUT2D eigenvalue weighted by Gasteiger charge is -2.23. The summed E-state index contributed by atoms with van der Waals surface area (Å²) in [5.74, 6) is 0.100. The zero-order valence-corrected chi connectivity index (χ0v) is 12.0. The highest BCUT2D eigenvalue weighted by Gasteiger charge is 2.22. The van der Waals surface area contributed by atoms with Gasteiger partial charge in [-0.2, -0.15) is 0 Å². The first-order valence-corrected chi connectivity index (χ1v) is 6.77. The fourth-order valence-corrected chi connectivity index (χ4v) is 2.77. The Hall–Kier alpha value is -1.26. The van der Waals surface area contributed by atoms with Crippen LogP contribution in [-0.4, -0.2) is 17.9 Å². The van der Waals surface area contributed by atoms with Crippen LogP contribution in [-0.2, 0) is 0 Å². The van der Waals surface area contributed by atoms with Crippen LogP contribution in [0.2, 0.25) is 5.22 Å². The molecule has 0 N–H and O–H groups in total. The maximum absolute atomic E-state index is 12.2. The van der Waals surface area contributed by atoms with Gasteiger partial charge in [0.1, 0.15) is 0 Å². The van der Waals surface area contributed by atoms with E-state index in [-0.39, 0.29) is 22.9 Å². The average molecular weight is 284 g/mol. The van der Waals surface area contributed by atoms with E-state index in [4.69, 9.17) is 16.0 Å². The topological polar surface area (TPSA) is 33.5 Å². The number of hydrogen-bond acceptors (Lipinski definition) is 3. The molecule has 0 radical (unpaired) electrons. The van der Waals surface area contributed by atoms with Crippen molar-refractivity contribution in [1.82, 2.24) is 4.90 Å². The van der Waals surface area contributed by atoms with Gasteiger partial charge in [0.25, 0.3) is 5.91 Å². The summed E-state index contributed by atoms with van der Waals surface area (Å²) in [6.45, 7) is 4.04. The minimum absolute atomic E-state index is 0.0140. The van der Waals surface area contributed by atoms with Crippen LogP contribution in [0.3, 0.4) is 0 Å². The maximum atomic E-state index is 12.2. The number of carbonyl (C=O) groups excluding carboxylic acids is 1. The zero-order chi connectivity index (χ0) is 13.3. The summed E-state index contributed by atoms with van der Waals surface area (Å²) in [5, 5.41) is 0.228. The van der Waals surface area contributed by atoms with E-state index in [1.54, 1.807) is 35.4 Å². The van der Waals surface area contributed by atoms with E-state index in [0.717, 1.165) is 4.88 Å². The van der Waals surface area contributed by atoms with Crippen LogP contribution < -0.4 is 0 Å². The van der Waals surface area contributed by atoms with Gasteiger partial charge in [0.15, 0.2) is 11.0 Å². The molecule has 0 bridgehead atoms. The monoisotopic (exact) mass is 283 g/mol. The van der Waals surface area contributed by atoms with E-state index in [1.807, 2.05) is 13.0 Å². The molecule has 0 aromatic carbocycles. The molecule has 1 amide bonds. The molecule has 1 atom stereocenters. The van der Waals surface area contributed by atoms with E-state index in [9.17, 15) is 4.79 Å². The van der Waals surface area contributed by atoms with Crippen molar-refractivity contribution in [3.63, 3.8) is 0 Å². The molecule has 0 fully saturated rings. The highest BCUT2D eigenvalue weighted by Crippen LogP contribution is 2.27. The Bertz CT molecular complexity index is 561. The number of hydrogen-bond donors (Lipinski definition) is 0. The Balaban J connectivity index is 2.16. The largest absolute Gasteiger partial charge is 0.440 e. The maximum Gasteiger partial charge on any atom is 0.289 e. The summed E-state index contributed by atoms with van der Waals surface area (Å²) >= 11 is 7.37. The van der Waals surface area contributed by atoms with Crippen LogP contribution in [0.1, 0.15) is 33.3 Å². The molecule has 1 unspecified atom stereocenters. The molecule has 0 aliphatic carbocycles. The molecule has 0 aliphatic heterocycles. The fourth-order valence-electron chi connectivity index (χ4n) is 1.65. The van der Waals surface area contributed by atoms with Crippen molar-refractivity contribution in [3.05, 3.63) is 45.0 Å². The van der Waals surface area contributed by atoms with Gasteiger partial charge in [-0.15, -0.1) is 11.3 Å². The standard InChI is InChI=1S/C13H14ClNO2S/c1-8-4-6-11(18-8)9(2)15(3)13(16)10-5-7-12(14)17-10/h4-7,9H,1-3H3. The Labute approximate surface area is 115 Å². The second-order valence-electron chi connectivity index (χ2n) is 4.14. The molecule has 18 heavy (non-hydrogen) atoms. The van der Waals surface area contributed by atoms with Crippen LogP contribution in [0.4, 0.5) is 0 Å². The van der Waals surface area contributed by atoms with Crippen molar-refractivity contribution >= 4 is 28.8 Å². The van der Waals surface area contributed by atoms with E-state index in [1.165, 1.54) is 4.88 Å². The van der Waals surface area contributed by atoms with Gasteiger partial charge < -0.3 is 9.32 Å². The summed E-state index contributed by atoms with van der Waals surface area (Å²) in [6, 6.07) is 7.28. The van der Waals surface area contributed by atoms with Gasteiger partial charge in [-0.05, 0) is 49.7 Å². The van der Waals surface area contributed by atoms with Crippen molar-refractivity contribution in [2.45, 2.75) is 19.9 Å². The normalized spacial score (nSPS) is 12.4.